The normalized spacial score (nSPS) is 15.4. The zero-order valence-corrected chi connectivity index (χ0v) is 13.3. The second-order valence-electron chi connectivity index (χ2n) is 5.30. The molecule has 0 aromatic carbocycles. The first-order chi connectivity index (χ1) is 10.1. The molecule has 0 spiro atoms. The molecule has 0 saturated heterocycles. The highest BCUT2D eigenvalue weighted by atomic mass is 32.2. The molecule has 1 aromatic heterocycles. The number of nitrogens with one attached hydrogen (secondary N) is 2. The molecule has 1 aromatic rings. The van der Waals surface area contributed by atoms with Crippen molar-refractivity contribution in [3.63, 3.8) is 0 Å². The maximum absolute atomic E-state index is 12.1. The molecule has 1 aliphatic carbocycles. The van der Waals surface area contributed by atoms with Gasteiger partial charge < -0.3 is 9.73 Å². The van der Waals surface area contributed by atoms with E-state index in [0.29, 0.717) is 18.8 Å². The molecule has 1 heterocycles. The summed E-state index contributed by atoms with van der Waals surface area (Å²) < 4.78 is 32.2. The van der Waals surface area contributed by atoms with Crippen LogP contribution in [-0.2, 0) is 16.6 Å². The highest BCUT2D eigenvalue weighted by Gasteiger charge is 2.18. The highest BCUT2D eigenvalue weighted by molar-refractivity contribution is 7.89. The molecule has 2 N–H and O–H groups in total. The van der Waals surface area contributed by atoms with E-state index >= 15 is 0 Å². The number of hydrogen-bond acceptors (Lipinski definition) is 4. The lowest BCUT2D eigenvalue weighted by atomic mass is 10.2. The van der Waals surface area contributed by atoms with Gasteiger partial charge in [-0.2, -0.15) is 0 Å². The molecule has 0 saturated carbocycles. The van der Waals surface area contributed by atoms with E-state index < -0.39 is 10.0 Å². The van der Waals surface area contributed by atoms with E-state index in [1.165, 1.54) is 18.1 Å². The monoisotopic (exact) mass is 312 g/mol. The summed E-state index contributed by atoms with van der Waals surface area (Å²) in [6, 6.07) is 3.22. The smallest absolute Gasteiger partial charge is 0.273 e. The van der Waals surface area contributed by atoms with E-state index in [1.807, 2.05) is 0 Å². The van der Waals surface area contributed by atoms with Crippen molar-refractivity contribution in [2.45, 2.75) is 50.7 Å². The third-order valence-corrected chi connectivity index (χ3v) is 4.83. The van der Waals surface area contributed by atoms with Gasteiger partial charge in [-0.05, 0) is 50.8 Å². The van der Waals surface area contributed by atoms with Gasteiger partial charge in [0.1, 0.15) is 5.76 Å². The molecule has 0 bridgehead atoms. The first kappa shape index (κ1) is 16.3. The molecule has 2 rings (SSSR count). The van der Waals surface area contributed by atoms with Crippen LogP contribution < -0.4 is 10.0 Å². The molecule has 21 heavy (non-hydrogen) atoms. The minimum Gasteiger partial charge on any atom is -0.447 e. The van der Waals surface area contributed by atoms with Gasteiger partial charge in [0.05, 0.1) is 6.54 Å². The summed E-state index contributed by atoms with van der Waals surface area (Å²) in [5.41, 5.74) is 1.35. The molecule has 1 aliphatic rings. The molecule has 0 atom stereocenters. The molecular formula is C15H24N2O3S. The van der Waals surface area contributed by atoms with Gasteiger partial charge in [-0.25, -0.2) is 13.1 Å². The average molecular weight is 312 g/mol. The SMILES string of the molecule is CCCNCc1ccc(S(=O)(=O)NCCC2=CCCC2)o1. The van der Waals surface area contributed by atoms with Crippen LogP contribution in [0.1, 0.15) is 44.8 Å². The van der Waals surface area contributed by atoms with Gasteiger partial charge in [0.25, 0.3) is 10.0 Å². The minimum atomic E-state index is -3.53. The van der Waals surface area contributed by atoms with Crippen molar-refractivity contribution in [2.75, 3.05) is 13.1 Å². The lowest BCUT2D eigenvalue weighted by Gasteiger charge is -2.05. The Morgan fingerprint density at radius 3 is 2.86 bits per heavy atom. The Hall–Kier alpha value is -1.11. The fraction of sp³-hybridized carbons (Fsp3) is 0.600. The van der Waals surface area contributed by atoms with Crippen molar-refractivity contribution in [2.24, 2.45) is 0 Å². The third kappa shape index (κ3) is 4.98. The molecule has 0 unspecified atom stereocenters. The van der Waals surface area contributed by atoms with Crippen LogP contribution in [0.4, 0.5) is 0 Å². The molecule has 5 nitrogen and oxygen atoms in total. The number of furan rings is 1. The lowest BCUT2D eigenvalue weighted by molar-refractivity contribution is 0.400. The van der Waals surface area contributed by atoms with E-state index in [4.69, 9.17) is 4.42 Å². The van der Waals surface area contributed by atoms with Crippen molar-refractivity contribution >= 4 is 10.0 Å². The summed E-state index contributed by atoms with van der Waals surface area (Å²) in [6.07, 6.45) is 7.42. The average Bonchev–Trinajstić information content (AvgIpc) is 3.10. The van der Waals surface area contributed by atoms with Gasteiger partial charge >= 0.3 is 0 Å². The summed E-state index contributed by atoms with van der Waals surface area (Å²) in [7, 11) is -3.53. The first-order valence-electron chi connectivity index (χ1n) is 7.59. The molecule has 0 radical (unpaired) electrons. The number of allylic oxidation sites excluding steroid dienone is 1. The second kappa shape index (κ2) is 7.77. The van der Waals surface area contributed by atoms with E-state index in [-0.39, 0.29) is 5.09 Å². The topological polar surface area (TPSA) is 71.3 Å². The van der Waals surface area contributed by atoms with Gasteiger partial charge in [-0.1, -0.05) is 18.6 Å². The largest absolute Gasteiger partial charge is 0.447 e. The fourth-order valence-corrected chi connectivity index (χ4v) is 3.34. The Morgan fingerprint density at radius 2 is 2.14 bits per heavy atom. The standard InChI is InChI=1S/C15H24N2O3S/c1-2-10-16-12-14-7-8-15(20-14)21(18,19)17-11-9-13-5-3-4-6-13/h5,7-8,16-17H,2-4,6,9-12H2,1H3. The van der Waals surface area contributed by atoms with E-state index in [1.54, 1.807) is 6.07 Å². The second-order valence-corrected chi connectivity index (χ2v) is 7.00. The van der Waals surface area contributed by atoms with Crippen molar-refractivity contribution in [3.05, 3.63) is 29.5 Å². The van der Waals surface area contributed by atoms with Crippen LogP contribution >= 0.6 is 0 Å². The summed E-state index contributed by atoms with van der Waals surface area (Å²) >= 11 is 0. The van der Waals surface area contributed by atoms with Crippen molar-refractivity contribution in [1.82, 2.24) is 10.0 Å². The van der Waals surface area contributed by atoms with Crippen LogP contribution in [0.3, 0.4) is 0 Å². The highest BCUT2D eigenvalue weighted by Crippen LogP contribution is 2.20. The zero-order chi connectivity index (χ0) is 15.1. The van der Waals surface area contributed by atoms with E-state index in [0.717, 1.165) is 32.2 Å². The molecule has 0 amide bonds. The van der Waals surface area contributed by atoms with Gasteiger partial charge in [0.15, 0.2) is 0 Å². The summed E-state index contributed by atoms with van der Waals surface area (Å²) in [5.74, 6) is 0.641. The molecule has 6 heteroatoms. The molecule has 118 valence electrons. The lowest BCUT2D eigenvalue weighted by Crippen LogP contribution is -2.24. The maximum atomic E-state index is 12.1. The molecular weight excluding hydrogens is 288 g/mol. The van der Waals surface area contributed by atoms with E-state index in [9.17, 15) is 8.42 Å². The van der Waals surface area contributed by atoms with Crippen molar-refractivity contribution in [3.8, 4) is 0 Å². The zero-order valence-electron chi connectivity index (χ0n) is 12.5. The Labute approximate surface area is 126 Å². The Kier molecular flexibility index (Phi) is 6.02. The Balaban J connectivity index is 1.83. The molecule has 0 aliphatic heterocycles. The van der Waals surface area contributed by atoms with Gasteiger partial charge in [0.2, 0.25) is 5.09 Å². The summed E-state index contributed by atoms with van der Waals surface area (Å²) in [4.78, 5) is 0. The quantitative estimate of drug-likeness (QED) is 0.543. The predicted octanol–water partition coefficient (Wildman–Crippen LogP) is 2.56. The van der Waals surface area contributed by atoms with Crippen LogP contribution in [0.5, 0.6) is 0 Å². The number of sulfonamides is 1. The molecule has 0 fully saturated rings. The van der Waals surface area contributed by atoms with Crippen molar-refractivity contribution < 1.29 is 12.8 Å². The first-order valence-corrected chi connectivity index (χ1v) is 9.07. The summed E-state index contributed by atoms with van der Waals surface area (Å²) in [6.45, 7) is 3.94. The fourth-order valence-electron chi connectivity index (χ4n) is 2.37. The Bertz CT molecular complexity index is 575. The number of hydrogen-bond donors (Lipinski definition) is 2. The van der Waals surface area contributed by atoms with Gasteiger partial charge in [-0.15, -0.1) is 0 Å². The van der Waals surface area contributed by atoms with Crippen molar-refractivity contribution in [1.29, 1.82) is 0 Å². The third-order valence-electron chi connectivity index (χ3n) is 3.50. The maximum Gasteiger partial charge on any atom is 0.273 e. The van der Waals surface area contributed by atoms with Crippen LogP contribution in [0, 0.1) is 0 Å². The van der Waals surface area contributed by atoms with Crippen LogP contribution in [0.25, 0.3) is 0 Å². The van der Waals surface area contributed by atoms with Gasteiger partial charge in [0, 0.05) is 6.54 Å². The minimum absolute atomic E-state index is 0.00352. The summed E-state index contributed by atoms with van der Waals surface area (Å²) in [5, 5.41) is 3.18. The van der Waals surface area contributed by atoms with Crippen LogP contribution in [0.15, 0.2) is 33.3 Å². The van der Waals surface area contributed by atoms with Crippen LogP contribution in [-0.4, -0.2) is 21.5 Å². The predicted molar refractivity (Wildman–Crippen MR) is 82.4 cm³/mol. The van der Waals surface area contributed by atoms with Crippen LogP contribution in [0.2, 0.25) is 0 Å². The number of rotatable bonds is 9. The van der Waals surface area contributed by atoms with Gasteiger partial charge in [-0.3, -0.25) is 0 Å². The van der Waals surface area contributed by atoms with E-state index in [2.05, 4.69) is 23.0 Å². The Morgan fingerprint density at radius 1 is 1.29 bits per heavy atom.